The minimum Gasteiger partial charge on any atom is -0.369 e. The van der Waals surface area contributed by atoms with Gasteiger partial charge in [0.15, 0.2) is 0 Å². The third-order valence-corrected chi connectivity index (χ3v) is 3.18. The van der Waals surface area contributed by atoms with E-state index in [0.717, 1.165) is 31.7 Å². The number of rotatable bonds is 2. The molecule has 1 fully saturated rings. The van der Waals surface area contributed by atoms with Crippen molar-refractivity contribution in [2.75, 3.05) is 24.5 Å². The molecule has 16 heavy (non-hydrogen) atoms. The van der Waals surface area contributed by atoms with Gasteiger partial charge in [-0.15, -0.1) is 0 Å². The van der Waals surface area contributed by atoms with Gasteiger partial charge in [0.1, 0.15) is 5.82 Å². The summed E-state index contributed by atoms with van der Waals surface area (Å²) in [5, 5.41) is 3.89. The molecule has 0 bridgehead atoms. The van der Waals surface area contributed by atoms with Crippen molar-refractivity contribution in [2.24, 2.45) is 0 Å². The van der Waals surface area contributed by atoms with Crippen molar-refractivity contribution in [3.63, 3.8) is 0 Å². The molecule has 88 valence electrons. The Morgan fingerprint density at radius 3 is 3.00 bits per heavy atom. The lowest BCUT2D eigenvalue weighted by atomic mass is 10.1. The van der Waals surface area contributed by atoms with Crippen LogP contribution in [-0.2, 0) is 0 Å². The molecule has 2 nitrogen and oxygen atoms in total. The van der Waals surface area contributed by atoms with E-state index in [4.69, 9.17) is 11.6 Å². The van der Waals surface area contributed by atoms with Crippen LogP contribution in [0, 0.1) is 5.82 Å². The molecular formula is C12H16ClFN2. The molecule has 4 heteroatoms. The average molecular weight is 243 g/mol. The van der Waals surface area contributed by atoms with Crippen molar-refractivity contribution in [1.82, 2.24) is 5.32 Å². The summed E-state index contributed by atoms with van der Waals surface area (Å²) in [5.74, 6) is -0.269. The lowest BCUT2D eigenvalue weighted by Crippen LogP contribution is -2.50. The molecule has 0 radical (unpaired) electrons. The summed E-state index contributed by atoms with van der Waals surface area (Å²) in [5.41, 5.74) is 0.880. The Balaban J connectivity index is 2.16. The minimum absolute atomic E-state index is 0.269. The second-order valence-corrected chi connectivity index (χ2v) is 4.57. The smallest absolute Gasteiger partial charge is 0.126 e. The van der Waals surface area contributed by atoms with Gasteiger partial charge in [0.05, 0.1) is 0 Å². The van der Waals surface area contributed by atoms with Crippen molar-refractivity contribution >= 4 is 17.3 Å². The first-order valence-corrected chi connectivity index (χ1v) is 6.01. The molecule has 0 spiro atoms. The number of piperazine rings is 1. The van der Waals surface area contributed by atoms with Gasteiger partial charge in [-0.3, -0.25) is 0 Å². The summed E-state index contributed by atoms with van der Waals surface area (Å²) in [7, 11) is 0. The monoisotopic (exact) mass is 242 g/mol. The molecule has 0 aromatic heterocycles. The number of benzene rings is 1. The maximum Gasteiger partial charge on any atom is 0.126 e. The summed E-state index contributed by atoms with van der Waals surface area (Å²) in [6, 6.07) is 5.19. The molecule has 1 atom stereocenters. The fourth-order valence-corrected chi connectivity index (χ4v) is 2.27. The van der Waals surface area contributed by atoms with Gasteiger partial charge in [-0.1, -0.05) is 18.5 Å². The molecule has 0 amide bonds. The van der Waals surface area contributed by atoms with Crippen LogP contribution in [0.2, 0.25) is 5.02 Å². The molecule has 1 aromatic rings. The Hall–Kier alpha value is -0.800. The number of nitrogens with zero attached hydrogens (tertiary/aromatic N) is 1. The summed E-state index contributed by atoms with van der Waals surface area (Å²) in [6.45, 7) is 4.90. The normalized spacial score (nSPS) is 21.2. The molecule has 1 saturated heterocycles. The van der Waals surface area contributed by atoms with Crippen molar-refractivity contribution in [3.8, 4) is 0 Å². The van der Waals surface area contributed by atoms with Gasteiger partial charge in [0.25, 0.3) is 0 Å². The second kappa shape index (κ2) is 5.02. The third-order valence-electron chi connectivity index (χ3n) is 2.96. The van der Waals surface area contributed by atoms with E-state index in [2.05, 4.69) is 17.1 Å². The fraction of sp³-hybridized carbons (Fsp3) is 0.500. The Labute approximate surface area is 100 Å². The van der Waals surface area contributed by atoms with Crippen LogP contribution in [0.15, 0.2) is 18.2 Å². The summed E-state index contributed by atoms with van der Waals surface area (Å²) >= 11 is 5.86. The van der Waals surface area contributed by atoms with Crippen molar-refractivity contribution in [1.29, 1.82) is 0 Å². The molecule has 1 aliphatic heterocycles. The maximum atomic E-state index is 13.2. The highest BCUT2D eigenvalue weighted by Crippen LogP contribution is 2.23. The molecule has 2 rings (SSSR count). The van der Waals surface area contributed by atoms with E-state index in [9.17, 15) is 4.39 Å². The van der Waals surface area contributed by atoms with E-state index in [1.165, 1.54) is 6.07 Å². The zero-order chi connectivity index (χ0) is 11.5. The highest BCUT2D eigenvalue weighted by molar-refractivity contribution is 6.30. The predicted octanol–water partition coefficient (Wildman–Crippen LogP) is 2.67. The van der Waals surface area contributed by atoms with Crippen LogP contribution in [0.1, 0.15) is 13.3 Å². The van der Waals surface area contributed by atoms with Crippen LogP contribution in [0.4, 0.5) is 10.1 Å². The lowest BCUT2D eigenvalue weighted by Gasteiger charge is -2.35. The van der Waals surface area contributed by atoms with E-state index in [0.29, 0.717) is 11.1 Å². The zero-order valence-corrected chi connectivity index (χ0v) is 10.1. The molecule has 1 heterocycles. The van der Waals surface area contributed by atoms with E-state index < -0.39 is 0 Å². The Bertz CT molecular complexity index is 350. The predicted molar refractivity (Wildman–Crippen MR) is 65.7 cm³/mol. The van der Waals surface area contributed by atoms with Crippen LogP contribution >= 0.6 is 11.6 Å². The Kier molecular flexibility index (Phi) is 3.66. The van der Waals surface area contributed by atoms with E-state index in [1.54, 1.807) is 6.07 Å². The Morgan fingerprint density at radius 2 is 2.31 bits per heavy atom. The summed E-state index contributed by atoms with van der Waals surface area (Å²) in [6.07, 6.45) is 1.08. The fourth-order valence-electron chi connectivity index (χ4n) is 2.06. The third kappa shape index (κ3) is 2.66. The number of hydrogen-bond donors (Lipinski definition) is 1. The van der Waals surface area contributed by atoms with Crippen molar-refractivity contribution in [2.45, 2.75) is 19.4 Å². The molecule has 0 aliphatic carbocycles. The largest absolute Gasteiger partial charge is 0.369 e. The number of hydrogen-bond acceptors (Lipinski definition) is 2. The second-order valence-electron chi connectivity index (χ2n) is 4.13. The van der Waals surface area contributed by atoms with Gasteiger partial charge < -0.3 is 10.2 Å². The van der Waals surface area contributed by atoms with E-state index >= 15 is 0 Å². The topological polar surface area (TPSA) is 15.3 Å². The number of nitrogens with one attached hydrogen (secondary N) is 1. The zero-order valence-electron chi connectivity index (χ0n) is 9.34. The van der Waals surface area contributed by atoms with Gasteiger partial charge in [0, 0.05) is 36.4 Å². The average Bonchev–Trinajstić information content (AvgIpc) is 2.28. The van der Waals surface area contributed by atoms with Gasteiger partial charge in [-0.25, -0.2) is 4.39 Å². The molecule has 1 N–H and O–H groups in total. The molecule has 1 aromatic carbocycles. The minimum atomic E-state index is -0.269. The standard InChI is InChI=1S/C12H16ClFN2/c1-2-11-8-16(4-3-15-11)12-6-9(13)5-10(14)7-12/h5-7,11,15H,2-4,8H2,1H3. The first kappa shape index (κ1) is 11.7. The van der Waals surface area contributed by atoms with Crippen LogP contribution in [0.3, 0.4) is 0 Å². The summed E-state index contributed by atoms with van der Waals surface area (Å²) < 4.78 is 13.2. The van der Waals surface area contributed by atoms with E-state index in [-0.39, 0.29) is 5.82 Å². The van der Waals surface area contributed by atoms with Gasteiger partial charge >= 0.3 is 0 Å². The van der Waals surface area contributed by atoms with Crippen LogP contribution in [-0.4, -0.2) is 25.7 Å². The van der Waals surface area contributed by atoms with Gasteiger partial charge in [0.2, 0.25) is 0 Å². The molecule has 1 unspecified atom stereocenters. The maximum absolute atomic E-state index is 13.2. The Morgan fingerprint density at radius 1 is 1.50 bits per heavy atom. The quantitative estimate of drug-likeness (QED) is 0.858. The van der Waals surface area contributed by atoms with Crippen LogP contribution < -0.4 is 10.2 Å². The van der Waals surface area contributed by atoms with Crippen LogP contribution in [0.25, 0.3) is 0 Å². The van der Waals surface area contributed by atoms with Crippen molar-refractivity contribution in [3.05, 3.63) is 29.0 Å². The lowest BCUT2D eigenvalue weighted by molar-refractivity contribution is 0.446. The van der Waals surface area contributed by atoms with Gasteiger partial charge in [-0.05, 0) is 24.6 Å². The molecular weight excluding hydrogens is 227 g/mol. The SMILES string of the molecule is CCC1CN(c2cc(F)cc(Cl)c2)CCN1. The molecule has 0 saturated carbocycles. The highest BCUT2D eigenvalue weighted by atomic mass is 35.5. The highest BCUT2D eigenvalue weighted by Gasteiger charge is 2.18. The number of halogens is 2. The van der Waals surface area contributed by atoms with Gasteiger partial charge in [-0.2, -0.15) is 0 Å². The first-order chi connectivity index (χ1) is 7.69. The summed E-state index contributed by atoms with van der Waals surface area (Å²) in [4.78, 5) is 2.18. The van der Waals surface area contributed by atoms with Crippen LogP contribution in [0.5, 0.6) is 0 Å². The van der Waals surface area contributed by atoms with Crippen molar-refractivity contribution < 1.29 is 4.39 Å². The molecule has 1 aliphatic rings. The number of anilines is 1. The van der Waals surface area contributed by atoms with E-state index in [1.807, 2.05) is 6.07 Å². The first-order valence-electron chi connectivity index (χ1n) is 5.63.